The summed E-state index contributed by atoms with van der Waals surface area (Å²) in [5.41, 5.74) is 3.62. The number of hydrogen-bond donors (Lipinski definition) is 2. The summed E-state index contributed by atoms with van der Waals surface area (Å²) in [5.74, 6) is 0.638. The van der Waals surface area contributed by atoms with Gasteiger partial charge < -0.3 is 14.9 Å². The molecule has 0 aromatic rings. The van der Waals surface area contributed by atoms with E-state index in [0.29, 0.717) is 23.7 Å². The van der Waals surface area contributed by atoms with E-state index in [0.717, 1.165) is 49.2 Å². The van der Waals surface area contributed by atoms with Crippen LogP contribution in [0.2, 0.25) is 0 Å². The number of aliphatic hydroxyl groups is 1. The Morgan fingerprint density at radius 3 is 2.64 bits per heavy atom. The van der Waals surface area contributed by atoms with Crippen LogP contribution in [0.25, 0.3) is 0 Å². The van der Waals surface area contributed by atoms with Crippen molar-refractivity contribution >= 4 is 11.9 Å². The summed E-state index contributed by atoms with van der Waals surface area (Å²) in [4.78, 5) is 22.7. The van der Waals surface area contributed by atoms with E-state index >= 15 is 0 Å². The van der Waals surface area contributed by atoms with Crippen molar-refractivity contribution in [2.24, 2.45) is 23.2 Å². The molecule has 0 saturated heterocycles. The van der Waals surface area contributed by atoms with E-state index in [4.69, 9.17) is 9.84 Å². The Bertz CT molecular complexity index is 876. The maximum atomic E-state index is 12.0. The standard InChI is InChI=1S/C31H48O5/c1-21-10-13-25(36-29(34)17-16-28(32)33)20-24(21)12-11-23-9-7-19-31(5)26(14-15-27(23)31)22(2)8-6-18-30(3,4)35/h11-12,22,25-27,35H,1,6-10,13-20H2,2-5H3,(H,32,33)/t22-,25+,26-,27+,31-/m1/s1. The smallest absolute Gasteiger partial charge is 0.306 e. The van der Waals surface area contributed by atoms with Gasteiger partial charge in [0.2, 0.25) is 0 Å². The van der Waals surface area contributed by atoms with Crippen LogP contribution in [0.15, 0.2) is 35.5 Å². The van der Waals surface area contributed by atoms with E-state index in [1.807, 2.05) is 13.8 Å². The van der Waals surface area contributed by atoms with Crippen LogP contribution in [0.4, 0.5) is 0 Å². The summed E-state index contributed by atoms with van der Waals surface area (Å²) in [5, 5.41) is 18.9. The molecule has 0 heterocycles. The predicted molar refractivity (Wildman–Crippen MR) is 143 cm³/mol. The fourth-order valence-electron chi connectivity index (χ4n) is 7.21. The third kappa shape index (κ3) is 7.57. The summed E-state index contributed by atoms with van der Waals surface area (Å²) < 4.78 is 5.57. The van der Waals surface area contributed by atoms with Crippen LogP contribution in [-0.2, 0) is 14.3 Å². The molecule has 0 radical (unpaired) electrons. The largest absolute Gasteiger partial charge is 0.481 e. The molecule has 0 bridgehead atoms. The lowest BCUT2D eigenvalue weighted by atomic mass is 9.60. The molecule has 0 aromatic carbocycles. The number of carbonyl (C=O) groups excluding carboxylic acids is 1. The van der Waals surface area contributed by atoms with Crippen LogP contribution in [0.1, 0.15) is 111 Å². The fourth-order valence-corrected chi connectivity index (χ4v) is 7.21. The number of fused-ring (bicyclic) bond motifs is 1. The Balaban J connectivity index is 1.64. The van der Waals surface area contributed by atoms with Crippen LogP contribution in [-0.4, -0.2) is 33.9 Å². The van der Waals surface area contributed by atoms with E-state index < -0.39 is 17.5 Å². The number of carboxylic acids is 1. The van der Waals surface area contributed by atoms with E-state index in [1.165, 1.54) is 32.1 Å². The SMILES string of the molecule is C=C1CC[C@H](OC(=O)CCC(=O)O)CC1=CC=C1CCC[C@]2(C)[C@@H]([C@H](C)CCCC(C)(C)O)CC[C@@H]12. The molecular weight excluding hydrogens is 452 g/mol. The number of aliphatic carboxylic acids is 1. The molecule has 5 atom stereocenters. The summed E-state index contributed by atoms with van der Waals surface area (Å²) in [6.07, 6.45) is 15.7. The molecule has 202 valence electrons. The second-order valence-electron chi connectivity index (χ2n) is 12.6. The van der Waals surface area contributed by atoms with Gasteiger partial charge in [-0.2, -0.15) is 0 Å². The highest BCUT2D eigenvalue weighted by Gasteiger charge is 2.50. The first-order valence-electron chi connectivity index (χ1n) is 14.1. The van der Waals surface area contributed by atoms with Crippen LogP contribution in [0.3, 0.4) is 0 Å². The molecule has 2 N–H and O–H groups in total. The highest BCUT2D eigenvalue weighted by molar-refractivity contribution is 5.76. The van der Waals surface area contributed by atoms with Gasteiger partial charge in [0.15, 0.2) is 0 Å². The highest BCUT2D eigenvalue weighted by Crippen LogP contribution is 2.60. The highest BCUT2D eigenvalue weighted by atomic mass is 16.5. The first-order valence-corrected chi connectivity index (χ1v) is 14.1. The average Bonchev–Trinajstić information content (AvgIpc) is 3.14. The molecule has 0 amide bonds. The van der Waals surface area contributed by atoms with Crippen molar-refractivity contribution in [3.63, 3.8) is 0 Å². The van der Waals surface area contributed by atoms with Crippen LogP contribution < -0.4 is 0 Å². The van der Waals surface area contributed by atoms with Gasteiger partial charge in [-0.25, -0.2) is 0 Å². The fraction of sp³-hybridized carbons (Fsp3) is 0.742. The van der Waals surface area contributed by atoms with Gasteiger partial charge in [0.1, 0.15) is 6.10 Å². The molecule has 5 heteroatoms. The first kappa shape index (κ1) is 28.7. The van der Waals surface area contributed by atoms with Crippen molar-refractivity contribution in [3.05, 3.63) is 35.5 Å². The van der Waals surface area contributed by atoms with Gasteiger partial charge in [0, 0.05) is 6.42 Å². The van der Waals surface area contributed by atoms with Crippen molar-refractivity contribution in [1.82, 2.24) is 0 Å². The molecule has 3 fully saturated rings. The molecule has 3 saturated carbocycles. The van der Waals surface area contributed by atoms with E-state index in [1.54, 1.807) is 5.57 Å². The van der Waals surface area contributed by atoms with Gasteiger partial charge in [0.05, 0.1) is 18.4 Å². The monoisotopic (exact) mass is 500 g/mol. The Morgan fingerprint density at radius 2 is 1.94 bits per heavy atom. The Hall–Kier alpha value is -1.88. The lowest BCUT2D eigenvalue weighted by Gasteiger charge is -2.44. The van der Waals surface area contributed by atoms with Gasteiger partial charge in [-0.05, 0) is 94.0 Å². The third-order valence-electron chi connectivity index (χ3n) is 9.18. The molecule has 36 heavy (non-hydrogen) atoms. The summed E-state index contributed by atoms with van der Waals surface area (Å²) in [6.45, 7) is 13.0. The third-order valence-corrected chi connectivity index (χ3v) is 9.18. The number of carboxylic acid groups (broad SMARTS) is 1. The molecule has 3 aliphatic carbocycles. The normalized spacial score (nSPS) is 31.9. The van der Waals surface area contributed by atoms with Crippen molar-refractivity contribution in [1.29, 1.82) is 0 Å². The number of rotatable bonds is 10. The Kier molecular flexibility index (Phi) is 9.65. The number of allylic oxidation sites excluding steroid dienone is 4. The Labute approximate surface area is 218 Å². The maximum absolute atomic E-state index is 12.0. The molecule has 0 spiro atoms. The van der Waals surface area contributed by atoms with Crippen LogP contribution in [0.5, 0.6) is 0 Å². The number of esters is 1. The van der Waals surface area contributed by atoms with Gasteiger partial charge >= 0.3 is 11.9 Å². The van der Waals surface area contributed by atoms with Crippen molar-refractivity contribution in [2.45, 2.75) is 123 Å². The molecule has 0 unspecified atom stereocenters. The minimum Gasteiger partial charge on any atom is -0.481 e. The van der Waals surface area contributed by atoms with Crippen molar-refractivity contribution in [3.8, 4) is 0 Å². The minimum absolute atomic E-state index is 0.0759. The molecular formula is C31H48O5. The van der Waals surface area contributed by atoms with Gasteiger partial charge in [-0.15, -0.1) is 0 Å². The minimum atomic E-state index is -0.978. The summed E-state index contributed by atoms with van der Waals surface area (Å²) >= 11 is 0. The molecule has 5 nitrogen and oxygen atoms in total. The molecule has 0 aromatic heterocycles. The predicted octanol–water partition coefficient (Wildman–Crippen LogP) is 7.15. The van der Waals surface area contributed by atoms with Crippen LogP contribution in [0, 0.1) is 23.2 Å². The van der Waals surface area contributed by atoms with E-state index in [2.05, 4.69) is 32.6 Å². The van der Waals surface area contributed by atoms with Gasteiger partial charge in [0.25, 0.3) is 0 Å². The average molecular weight is 501 g/mol. The maximum Gasteiger partial charge on any atom is 0.306 e. The number of ether oxygens (including phenoxy) is 1. The zero-order valence-electron chi connectivity index (χ0n) is 23.0. The zero-order valence-corrected chi connectivity index (χ0v) is 23.0. The summed E-state index contributed by atoms with van der Waals surface area (Å²) in [6, 6.07) is 0. The van der Waals surface area contributed by atoms with Crippen molar-refractivity contribution in [2.75, 3.05) is 0 Å². The Morgan fingerprint density at radius 1 is 1.19 bits per heavy atom. The molecule has 3 rings (SSSR count). The summed E-state index contributed by atoms with van der Waals surface area (Å²) in [7, 11) is 0. The lowest BCUT2D eigenvalue weighted by Crippen LogP contribution is -2.36. The second-order valence-corrected chi connectivity index (χ2v) is 12.6. The van der Waals surface area contributed by atoms with E-state index in [9.17, 15) is 14.7 Å². The van der Waals surface area contributed by atoms with Crippen molar-refractivity contribution < 1.29 is 24.5 Å². The van der Waals surface area contributed by atoms with Crippen LogP contribution >= 0.6 is 0 Å². The quantitative estimate of drug-likeness (QED) is 0.311. The van der Waals surface area contributed by atoms with E-state index in [-0.39, 0.29) is 18.9 Å². The zero-order chi connectivity index (χ0) is 26.5. The number of carbonyl (C=O) groups is 2. The number of hydrogen-bond acceptors (Lipinski definition) is 4. The van der Waals surface area contributed by atoms with Gasteiger partial charge in [-0.3, -0.25) is 9.59 Å². The topological polar surface area (TPSA) is 83.8 Å². The molecule has 0 aliphatic heterocycles. The molecule has 3 aliphatic rings. The first-order chi connectivity index (χ1) is 16.9. The lowest BCUT2D eigenvalue weighted by molar-refractivity contribution is -0.152. The second kappa shape index (κ2) is 12.1. The van der Waals surface area contributed by atoms with Gasteiger partial charge in [-0.1, -0.05) is 56.6 Å².